The highest BCUT2D eigenvalue weighted by atomic mass is 19.1. The fraction of sp³-hybridized carbons (Fsp3) is 0.148. The second kappa shape index (κ2) is 10.8. The van der Waals surface area contributed by atoms with E-state index in [2.05, 4.69) is 10.7 Å². The van der Waals surface area contributed by atoms with Gasteiger partial charge in [0.15, 0.2) is 6.61 Å². The molecule has 3 aromatic rings. The van der Waals surface area contributed by atoms with E-state index in [1.165, 1.54) is 19.2 Å². The van der Waals surface area contributed by atoms with Crippen molar-refractivity contribution in [1.82, 2.24) is 0 Å². The minimum atomic E-state index is -0.449. The summed E-state index contributed by atoms with van der Waals surface area (Å²) in [6.45, 7) is 1.98. The van der Waals surface area contributed by atoms with Crippen LogP contribution in [0.5, 0.6) is 11.5 Å². The number of ether oxygens (including phenoxy) is 3. The van der Waals surface area contributed by atoms with Crippen LogP contribution >= 0.6 is 0 Å². The largest absolute Gasteiger partial charge is 0.489 e. The SMILES string of the molecule is C#Cc1ccccc1C(=CCOc1ccc(OCC(=O)OC)c(C)c1)c1ccc(F)cc1. The minimum absolute atomic E-state index is 0.157. The molecule has 0 saturated heterocycles. The number of hydrogen-bond acceptors (Lipinski definition) is 4. The molecule has 0 aliphatic rings. The number of rotatable bonds is 8. The van der Waals surface area contributed by atoms with Crippen molar-refractivity contribution < 1.29 is 23.4 Å². The first-order valence-corrected chi connectivity index (χ1v) is 9.97. The van der Waals surface area contributed by atoms with Crippen molar-refractivity contribution >= 4 is 11.5 Å². The van der Waals surface area contributed by atoms with Crippen LogP contribution in [0.3, 0.4) is 0 Å². The third-order valence-electron chi connectivity index (χ3n) is 4.79. The molecule has 0 spiro atoms. The van der Waals surface area contributed by atoms with Gasteiger partial charge in [0, 0.05) is 5.56 Å². The lowest BCUT2D eigenvalue weighted by atomic mass is 9.94. The number of benzene rings is 3. The maximum atomic E-state index is 13.4. The van der Waals surface area contributed by atoms with Gasteiger partial charge in [-0.2, -0.15) is 0 Å². The maximum absolute atomic E-state index is 13.4. The summed E-state index contributed by atoms with van der Waals surface area (Å²) in [5.41, 5.74) is 4.12. The van der Waals surface area contributed by atoms with Gasteiger partial charge in [-0.3, -0.25) is 0 Å². The van der Waals surface area contributed by atoms with Gasteiger partial charge in [-0.1, -0.05) is 36.3 Å². The molecule has 0 N–H and O–H groups in total. The third kappa shape index (κ3) is 5.77. The van der Waals surface area contributed by atoms with Gasteiger partial charge in [-0.25, -0.2) is 9.18 Å². The van der Waals surface area contributed by atoms with Crippen LogP contribution in [0.4, 0.5) is 4.39 Å². The van der Waals surface area contributed by atoms with Gasteiger partial charge in [0.1, 0.15) is 23.9 Å². The summed E-state index contributed by atoms with van der Waals surface area (Å²) in [7, 11) is 1.31. The Balaban J connectivity index is 1.80. The van der Waals surface area contributed by atoms with Gasteiger partial charge in [0.25, 0.3) is 0 Å². The zero-order chi connectivity index (χ0) is 22.9. The lowest BCUT2D eigenvalue weighted by molar-refractivity contribution is -0.142. The zero-order valence-corrected chi connectivity index (χ0v) is 17.9. The minimum Gasteiger partial charge on any atom is -0.489 e. The van der Waals surface area contributed by atoms with E-state index in [-0.39, 0.29) is 19.0 Å². The molecule has 0 amide bonds. The van der Waals surface area contributed by atoms with Crippen LogP contribution in [0.25, 0.3) is 5.57 Å². The maximum Gasteiger partial charge on any atom is 0.343 e. The molecule has 162 valence electrons. The Morgan fingerprint density at radius 3 is 2.50 bits per heavy atom. The summed E-state index contributed by atoms with van der Waals surface area (Å²) in [6.07, 6.45) is 7.60. The number of methoxy groups -OCH3 is 1. The number of hydrogen-bond donors (Lipinski definition) is 0. The van der Waals surface area contributed by atoms with Gasteiger partial charge in [-0.15, -0.1) is 6.42 Å². The van der Waals surface area contributed by atoms with E-state index in [0.29, 0.717) is 11.5 Å². The van der Waals surface area contributed by atoms with Crippen LogP contribution in [0.15, 0.2) is 72.8 Å². The van der Waals surface area contributed by atoms with Gasteiger partial charge in [-0.05, 0) is 71.7 Å². The second-order valence-corrected chi connectivity index (χ2v) is 6.92. The molecular formula is C27H23FO4. The molecule has 0 aliphatic heterocycles. The topological polar surface area (TPSA) is 44.8 Å². The average Bonchev–Trinajstić information content (AvgIpc) is 2.82. The first-order valence-electron chi connectivity index (χ1n) is 9.97. The van der Waals surface area contributed by atoms with Crippen LogP contribution in [0, 0.1) is 25.1 Å². The van der Waals surface area contributed by atoms with Crippen molar-refractivity contribution in [2.45, 2.75) is 6.92 Å². The molecule has 3 aromatic carbocycles. The first kappa shape index (κ1) is 22.6. The summed E-state index contributed by atoms with van der Waals surface area (Å²) < 4.78 is 29.4. The third-order valence-corrected chi connectivity index (χ3v) is 4.79. The molecule has 4 nitrogen and oxygen atoms in total. The molecule has 3 rings (SSSR count). The quantitative estimate of drug-likeness (QED) is 0.365. The molecule has 0 unspecified atom stereocenters. The normalized spacial score (nSPS) is 10.9. The lowest BCUT2D eigenvalue weighted by Crippen LogP contribution is -2.13. The Labute approximate surface area is 187 Å². The first-order chi connectivity index (χ1) is 15.5. The van der Waals surface area contributed by atoms with E-state index in [1.807, 2.05) is 43.3 Å². The van der Waals surface area contributed by atoms with E-state index in [4.69, 9.17) is 15.9 Å². The highest BCUT2D eigenvalue weighted by Gasteiger charge is 2.10. The zero-order valence-electron chi connectivity index (χ0n) is 17.9. The van der Waals surface area contributed by atoms with Crippen molar-refractivity contribution in [1.29, 1.82) is 0 Å². The van der Waals surface area contributed by atoms with Crippen molar-refractivity contribution in [3.8, 4) is 23.8 Å². The highest BCUT2D eigenvalue weighted by Crippen LogP contribution is 2.27. The van der Waals surface area contributed by atoms with Crippen molar-refractivity contribution in [2.24, 2.45) is 0 Å². The highest BCUT2D eigenvalue weighted by molar-refractivity contribution is 5.82. The number of terminal acetylenes is 1. The van der Waals surface area contributed by atoms with Crippen LogP contribution in [0.2, 0.25) is 0 Å². The molecule has 0 fully saturated rings. The van der Waals surface area contributed by atoms with E-state index < -0.39 is 5.97 Å². The summed E-state index contributed by atoms with van der Waals surface area (Å²) in [4.78, 5) is 11.3. The molecule has 0 atom stereocenters. The van der Waals surface area contributed by atoms with Crippen LogP contribution < -0.4 is 9.47 Å². The fourth-order valence-corrected chi connectivity index (χ4v) is 3.15. The Hall–Kier alpha value is -4.04. The van der Waals surface area contributed by atoms with Crippen LogP contribution in [-0.4, -0.2) is 26.3 Å². The predicted molar refractivity (Wildman–Crippen MR) is 122 cm³/mol. The van der Waals surface area contributed by atoms with E-state index in [0.717, 1.165) is 27.8 Å². The Kier molecular flexibility index (Phi) is 7.66. The fourth-order valence-electron chi connectivity index (χ4n) is 3.15. The summed E-state index contributed by atoms with van der Waals surface area (Å²) in [6, 6.07) is 19.2. The standard InChI is InChI=1S/C27H23FO4/c1-4-20-7-5-6-8-24(20)25(21-9-11-22(28)12-10-21)15-16-31-23-13-14-26(19(2)17-23)32-18-27(29)30-3/h1,5-15,17H,16,18H2,2-3H3. The van der Waals surface area contributed by atoms with Crippen LogP contribution in [-0.2, 0) is 9.53 Å². The monoisotopic (exact) mass is 430 g/mol. The van der Waals surface area contributed by atoms with Gasteiger partial charge in [0.2, 0.25) is 0 Å². The molecule has 0 aliphatic carbocycles. The number of aryl methyl sites for hydroxylation is 1. The predicted octanol–water partition coefficient (Wildman–Crippen LogP) is 5.18. The molecule has 0 saturated carbocycles. The van der Waals surface area contributed by atoms with E-state index in [1.54, 1.807) is 24.3 Å². The number of halogens is 1. The Morgan fingerprint density at radius 1 is 1.06 bits per heavy atom. The summed E-state index contributed by atoms with van der Waals surface area (Å²) >= 11 is 0. The molecule has 5 heteroatoms. The van der Waals surface area contributed by atoms with Crippen LogP contribution in [0.1, 0.15) is 22.3 Å². The molecule has 0 aromatic heterocycles. The second-order valence-electron chi connectivity index (χ2n) is 6.92. The molecular weight excluding hydrogens is 407 g/mol. The number of carbonyl (C=O) groups is 1. The Bertz CT molecular complexity index is 1160. The van der Waals surface area contributed by atoms with Crippen molar-refractivity contribution in [2.75, 3.05) is 20.3 Å². The van der Waals surface area contributed by atoms with E-state index >= 15 is 0 Å². The van der Waals surface area contributed by atoms with Crippen molar-refractivity contribution in [3.63, 3.8) is 0 Å². The molecule has 0 heterocycles. The van der Waals surface area contributed by atoms with Crippen molar-refractivity contribution in [3.05, 3.63) is 101 Å². The van der Waals surface area contributed by atoms with Gasteiger partial charge in [0.05, 0.1) is 7.11 Å². The average molecular weight is 430 g/mol. The molecule has 0 bridgehead atoms. The number of esters is 1. The molecule has 0 radical (unpaired) electrons. The van der Waals surface area contributed by atoms with E-state index in [9.17, 15) is 9.18 Å². The Morgan fingerprint density at radius 2 is 1.81 bits per heavy atom. The smallest absolute Gasteiger partial charge is 0.343 e. The number of carbonyl (C=O) groups excluding carboxylic acids is 1. The van der Waals surface area contributed by atoms with Gasteiger partial charge >= 0.3 is 5.97 Å². The summed E-state index contributed by atoms with van der Waals surface area (Å²) in [5.74, 6) is 3.17. The summed E-state index contributed by atoms with van der Waals surface area (Å²) in [5, 5.41) is 0. The van der Waals surface area contributed by atoms with Gasteiger partial charge < -0.3 is 14.2 Å². The lowest BCUT2D eigenvalue weighted by Gasteiger charge is -2.13. The molecule has 32 heavy (non-hydrogen) atoms.